The van der Waals surface area contributed by atoms with Gasteiger partial charge in [0.2, 0.25) is 0 Å². The molecule has 0 spiro atoms. The molecule has 0 unspecified atom stereocenters. The molecule has 1 aliphatic rings. The lowest BCUT2D eigenvalue weighted by atomic mass is 10.1. The zero-order valence-electron chi connectivity index (χ0n) is 18.9. The molecule has 34 heavy (non-hydrogen) atoms. The third kappa shape index (κ3) is 4.60. The number of aryl methyl sites for hydroxylation is 2. The van der Waals surface area contributed by atoms with Crippen LogP contribution in [0.15, 0.2) is 71.6 Å². The minimum absolute atomic E-state index is 0.122. The van der Waals surface area contributed by atoms with Crippen LogP contribution in [0.2, 0.25) is 0 Å². The molecule has 1 amide bonds. The summed E-state index contributed by atoms with van der Waals surface area (Å²) in [6, 6.07) is 18.0. The number of anilines is 2. The smallest absolute Gasteiger partial charge is 0.337 e. The quantitative estimate of drug-likeness (QED) is 0.559. The van der Waals surface area contributed by atoms with E-state index in [-0.39, 0.29) is 17.0 Å². The van der Waals surface area contributed by atoms with Crippen molar-refractivity contribution in [3.05, 3.63) is 83.4 Å². The van der Waals surface area contributed by atoms with E-state index in [4.69, 9.17) is 9.47 Å². The van der Waals surface area contributed by atoms with E-state index >= 15 is 0 Å². The molecule has 1 atom stereocenters. The average Bonchev–Trinajstić information content (AvgIpc) is 2.83. The fourth-order valence-electron chi connectivity index (χ4n) is 3.63. The fraction of sp³-hybridized carbons (Fsp3) is 0.200. The number of nitrogens with zero attached hydrogens (tertiary/aromatic N) is 1. The Morgan fingerprint density at radius 2 is 1.71 bits per heavy atom. The van der Waals surface area contributed by atoms with E-state index < -0.39 is 28.0 Å². The van der Waals surface area contributed by atoms with Crippen molar-refractivity contribution in [2.75, 3.05) is 23.3 Å². The molecule has 0 saturated carbocycles. The van der Waals surface area contributed by atoms with Crippen molar-refractivity contribution in [2.45, 2.75) is 24.8 Å². The van der Waals surface area contributed by atoms with Crippen LogP contribution < -0.4 is 14.4 Å². The highest BCUT2D eigenvalue weighted by atomic mass is 32.2. The SMILES string of the molecule is COC(=O)c1cccc(NC(=O)[C@H]2CN(S(=O)(=O)c3ccc(C)cc3)c3ccc(C)cc3O2)c1. The summed E-state index contributed by atoms with van der Waals surface area (Å²) in [5.74, 6) is -0.784. The summed E-state index contributed by atoms with van der Waals surface area (Å²) in [5.41, 5.74) is 2.79. The molecular formula is C25H24N2O6S. The number of benzene rings is 3. The van der Waals surface area contributed by atoms with Gasteiger partial charge in [0, 0.05) is 5.69 Å². The van der Waals surface area contributed by atoms with E-state index in [0.717, 1.165) is 11.1 Å². The second kappa shape index (κ2) is 9.18. The van der Waals surface area contributed by atoms with Gasteiger partial charge in [0.15, 0.2) is 6.10 Å². The van der Waals surface area contributed by atoms with E-state index in [0.29, 0.717) is 17.1 Å². The maximum atomic E-state index is 13.5. The predicted molar refractivity (Wildman–Crippen MR) is 128 cm³/mol. The number of rotatable bonds is 5. The van der Waals surface area contributed by atoms with Crippen molar-refractivity contribution in [1.82, 2.24) is 0 Å². The molecule has 0 fully saturated rings. The number of fused-ring (bicyclic) bond motifs is 1. The van der Waals surface area contributed by atoms with Crippen LogP contribution >= 0.6 is 0 Å². The van der Waals surface area contributed by atoms with Gasteiger partial charge >= 0.3 is 5.97 Å². The van der Waals surface area contributed by atoms with Gasteiger partial charge in [-0.25, -0.2) is 13.2 Å². The Bertz CT molecular complexity index is 1350. The molecule has 8 nitrogen and oxygen atoms in total. The van der Waals surface area contributed by atoms with Gasteiger partial charge in [-0.15, -0.1) is 0 Å². The van der Waals surface area contributed by atoms with Gasteiger partial charge in [-0.1, -0.05) is 29.8 Å². The van der Waals surface area contributed by atoms with Crippen LogP contribution in [0.3, 0.4) is 0 Å². The third-order valence-electron chi connectivity index (χ3n) is 5.44. The Balaban J connectivity index is 1.66. The zero-order valence-corrected chi connectivity index (χ0v) is 19.8. The number of ether oxygens (including phenoxy) is 2. The van der Waals surface area contributed by atoms with Crippen LogP contribution in [0.1, 0.15) is 21.5 Å². The Kier molecular flexibility index (Phi) is 6.30. The molecule has 0 aromatic heterocycles. The van der Waals surface area contributed by atoms with Crippen molar-refractivity contribution < 1.29 is 27.5 Å². The number of esters is 1. The largest absolute Gasteiger partial charge is 0.476 e. The number of methoxy groups -OCH3 is 1. The maximum absolute atomic E-state index is 13.5. The predicted octanol–water partition coefficient (Wildman–Crippen LogP) is 3.69. The Hall–Kier alpha value is -3.85. The van der Waals surface area contributed by atoms with Crippen molar-refractivity contribution in [1.29, 1.82) is 0 Å². The number of carbonyl (C=O) groups excluding carboxylic acids is 2. The van der Waals surface area contributed by atoms with Gasteiger partial charge in [-0.3, -0.25) is 9.10 Å². The van der Waals surface area contributed by atoms with Crippen LogP contribution in [0, 0.1) is 13.8 Å². The first-order valence-corrected chi connectivity index (χ1v) is 12.0. The molecule has 176 valence electrons. The molecule has 0 radical (unpaired) electrons. The lowest BCUT2D eigenvalue weighted by Gasteiger charge is -2.35. The van der Waals surface area contributed by atoms with Gasteiger partial charge in [-0.2, -0.15) is 0 Å². The van der Waals surface area contributed by atoms with E-state index in [1.54, 1.807) is 60.7 Å². The first-order chi connectivity index (χ1) is 16.2. The molecule has 3 aromatic carbocycles. The Morgan fingerprint density at radius 3 is 2.41 bits per heavy atom. The molecule has 1 heterocycles. The molecule has 3 aromatic rings. The van der Waals surface area contributed by atoms with Crippen LogP contribution in [0.25, 0.3) is 0 Å². The second-order valence-corrected chi connectivity index (χ2v) is 9.85. The first kappa shape index (κ1) is 23.3. The first-order valence-electron chi connectivity index (χ1n) is 10.5. The second-order valence-electron chi connectivity index (χ2n) is 7.99. The summed E-state index contributed by atoms with van der Waals surface area (Å²) in [6.45, 7) is 3.51. The standard InChI is InChI=1S/C25H24N2O6S/c1-16-7-10-20(11-8-16)34(30,31)27-15-23(33-22-13-17(2)9-12-21(22)27)24(28)26-19-6-4-5-18(14-19)25(29)32-3/h4-14,23H,15H2,1-3H3,(H,26,28)/t23-/m1/s1. The molecule has 0 saturated heterocycles. The molecule has 9 heteroatoms. The minimum atomic E-state index is -3.95. The van der Waals surface area contributed by atoms with Crippen LogP contribution in [-0.2, 0) is 19.6 Å². The molecular weight excluding hydrogens is 456 g/mol. The summed E-state index contributed by atoms with van der Waals surface area (Å²) in [6.07, 6.45) is -1.11. The normalized spacial score (nSPS) is 15.1. The summed E-state index contributed by atoms with van der Waals surface area (Å²) in [5, 5.41) is 2.70. The number of amides is 1. The van der Waals surface area contributed by atoms with Gasteiger partial charge in [0.1, 0.15) is 5.75 Å². The highest BCUT2D eigenvalue weighted by molar-refractivity contribution is 7.92. The van der Waals surface area contributed by atoms with Gasteiger partial charge in [0.25, 0.3) is 15.9 Å². The van der Waals surface area contributed by atoms with Gasteiger partial charge in [0.05, 0.1) is 29.8 Å². The van der Waals surface area contributed by atoms with Crippen LogP contribution in [0.5, 0.6) is 5.75 Å². The monoisotopic (exact) mass is 480 g/mol. The minimum Gasteiger partial charge on any atom is -0.476 e. The van der Waals surface area contributed by atoms with Gasteiger partial charge in [-0.05, 0) is 61.9 Å². The summed E-state index contributed by atoms with van der Waals surface area (Å²) < 4.78 is 38.9. The fourth-order valence-corrected chi connectivity index (χ4v) is 5.10. The Morgan fingerprint density at radius 1 is 1.00 bits per heavy atom. The van der Waals surface area contributed by atoms with Crippen LogP contribution in [0.4, 0.5) is 11.4 Å². The summed E-state index contributed by atoms with van der Waals surface area (Å²) in [7, 11) is -2.68. The van der Waals surface area contributed by atoms with Crippen molar-refractivity contribution >= 4 is 33.3 Å². The number of carbonyl (C=O) groups is 2. The Labute approximate surface area is 198 Å². The molecule has 1 aliphatic heterocycles. The number of nitrogens with one attached hydrogen (secondary N) is 1. The highest BCUT2D eigenvalue weighted by Gasteiger charge is 2.37. The molecule has 4 rings (SSSR count). The molecule has 1 N–H and O–H groups in total. The lowest BCUT2D eigenvalue weighted by molar-refractivity contribution is -0.122. The summed E-state index contributed by atoms with van der Waals surface area (Å²) >= 11 is 0. The number of hydrogen-bond donors (Lipinski definition) is 1. The van der Waals surface area contributed by atoms with E-state index in [2.05, 4.69) is 5.32 Å². The van der Waals surface area contributed by atoms with Gasteiger partial charge < -0.3 is 14.8 Å². The molecule has 0 bridgehead atoms. The highest BCUT2D eigenvalue weighted by Crippen LogP contribution is 2.38. The van der Waals surface area contributed by atoms with Crippen molar-refractivity contribution in [2.24, 2.45) is 0 Å². The van der Waals surface area contributed by atoms with Crippen molar-refractivity contribution in [3.63, 3.8) is 0 Å². The van der Waals surface area contributed by atoms with E-state index in [1.807, 2.05) is 13.8 Å². The third-order valence-corrected chi connectivity index (χ3v) is 7.23. The zero-order chi connectivity index (χ0) is 24.5. The van der Waals surface area contributed by atoms with E-state index in [9.17, 15) is 18.0 Å². The van der Waals surface area contributed by atoms with Crippen molar-refractivity contribution in [3.8, 4) is 5.75 Å². The number of hydrogen-bond acceptors (Lipinski definition) is 6. The average molecular weight is 481 g/mol. The maximum Gasteiger partial charge on any atom is 0.337 e. The topological polar surface area (TPSA) is 102 Å². The van der Waals surface area contributed by atoms with E-state index in [1.165, 1.54) is 17.5 Å². The molecule has 0 aliphatic carbocycles. The lowest BCUT2D eigenvalue weighted by Crippen LogP contribution is -2.48. The number of sulfonamides is 1. The van der Waals surface area contributed by atoms with Crippen LogP contribution in [-0.4, -0.2) is 40.1 Å². The summed E-state index contributed by atoms with van der Waals surface area (Å²) in [4.78, 5) is 25.0.